The molecular formula is C23H26F3N5O3S. The van der Waals surface area contributed by atoms with Crippen LogP contribution in [0.15, 0.2) is 30.5 Å². The number of alkyl halides is 3. The third-order valence-electron chi connectivity index (χ3n) is 6.49. The van der Waals surface area contributed by atoms with Crippen molar-refractivity contribution in [2.24, 2.45) is 5.73 Å². The molecule has 1 aromatic carbocycles. The lowest BCUT2D eigenvalue weighted by Gasteiger charge is -2.46. The van der Waals surface area contributed by atoms with Crippen molar-refractivity contribution in [3.05, 3.63) is 51.5 Å². The van der Waals surface area contributed by atoms with Gasteiger partial charge in [0.05, 0.1) is 18.2 Å². The van der Waals surface area contributed by atoms with Crippen molar-refractivity contribution >= 4 is 29.1 Å². The topological polar surface area (TPSA) is 117 Å². The summed E-state index contributed by atoms with van der Waals surface area (Å²) < 4.78 is 38.4. The molecule has 0 radical (unpaired) electrons. The van der Waals surface area contributed by atoms with Crippen molar-refractivity contribution in [2.75, 3.05) is 19.6 Å². The van der Waals surface area contributed by atoms with Crippen molar-refractivity contribution < 1.29 is 27.6 Å². The maximum atomic E-state index is 12.8. The van der Waals surface area contributed by atoms with Gasteiger partial charge in [-0.1, -0.05) is 6.07 Å². The van der Waals surface area contributed by atoms with E-state index in [0.29, 0.717) is 17.0 Å². The van der Waals surface area contributed by atoms with Gasteiger partial charge in [-0.15, -0.1) is 11.3 Å². The lowest BCUT2D eigenvalue weighted by molar-refractivity contribution is -0.137. The summed E-state index contributed by atoms with van der Waals surface area (Å²) in [5, 5.41) is 5.56. The molecular weight excluding hydrogens is 483 g/mol. The van der Waals surface area contributed by atoms with Gasteiger partial charge in [-0.2, -0.15) is 13.2 Å². The molecule has 1 saturated heterocycles. The molecule has 0 bridgehead atoms. The number of primary amides is 1. The number of amides is 3. The predicted molar refractivity (Wildman–Crippen MR) is 123 cm³/mol. The zero-order valence-electron chi connectivity index (χ0n) is 18.8. The summed E-state index contributed by atoms with van der Waals surface area (Å²) in [5.74, 6) is -1.23. The minimum atomic E-state index is -4.54. The van der Waals surface area contributed by atoms with Gasteiger partial charge in [0.15, 0.2) is 5.01 Å². The fraction of sp³-hybridized carbons (Fsp3) is 0.478. The van der Waals surface area contributed by atoms with Crippen LogP contribution in [0.4, 0.5) is 13.2 Å². The summed E-state index contributed by atoms with van der Waals surface area (Å²) in [6.45, 7) is 1.13. The highest BCUT2D eigenvalue weighted by Crippen LogP contribution is 2.38. The van der Waals surface area contributed by atoms with Crippen LogP contribution >= 0.6 is 11.3 Å². The Morgan fingerprint density at radius 1 is 1.14 bits per heavy atom. The van der Waals surface area contributed by atoms with Gasteiger partial charge in [0.25, 0.3) is 11.8 Å². The number of rotatable bonds is 7. The molecule has 1 aromatic heterocycles. The molecule has 4 rings (SSSR count). The van der Waals surface area contributed by atoms with E-state index in [1.807, 2.05) is 0 Å². The summed E-state index contributed by atoms with van der Waals surface area (Å²) in [6, 6.07) is 4.49. The zero-order valence-corrected chi connectivity index (χ0v) is 19.6. The number of likely N-dealkylation sites (tertiary alicyclic amines) is 1. The van der Waals surface area contributed by atoms with E-state index in [2.05, 4.69) is 20.5 Å². The SMILES string of the molecule is NC(=O)c1ncc([C@H]2CC[C@@H](N3CC(NC(=O)CNC(=O)c4cccc(C(F)(F)F)c4)C3)CC2)s1. The van der Waals surface area contributed by atoms with E-state index >= 15 is 0 Å². The number of benzene rings is 1. The van der Waals surface area contributed by atoms with Gasteiger partial charge in [-0.3, -0.25) is 19.3 Å². The quantitative estimate of drug-likeness (QED) is 0.530. The van der Waals surface area contributed by atoms with E-state index in [-0.39, 0.29) is 24.1 Å². The number of nitrogens with two attached hydrogens (primary N) is 1. The Balaban J connectivity index is 1.16. The third-order valence-corrected chi connectivity index (χ3v) is 7.66. The molecule has 1 aliphatic heterocycles. The van der Waals surface area contributed by atoms with Crippen molar-refractivity contribution in [1.82, 2.24) is 20.5 Å². The van der Waals surface area contributed by atoms with E-state index in [1.54, 1.807) is 6.20 Å². The molecule has 2 aromatic rings. The molecule has 3 amide bonds. The van der Waals surface area contributed by atoms with Gasteiger partial charge in [-0.05, 0) is 49.8 Å². The van der Waals surface area contributed by atoms with Crippen LogP contribution in [-0.4, -0.2) is 59.3 Å². The van der Waals surface area contributed by atoms with Crippen LogP contribution in [0.25, 0.3) is 0 Å². The number of thiazole rings is 1. The van der Waals surface area contributed by atoms with Crippen molar-refractivity contribution in [1.29, 1.82) is 0 Å². The molecule has 2 heterocycles. The standard InChI is InChI=1S/C23H26F3N5O3S/c24-23(25,26)15-3-1-2-14(8-15)21(34)28-10-19(32)30-16-11-31(12-16)17-6-4-13(5-7-17)18-9-29-22(35-18)20(27)33/h1-3,8-9,13,16-17H,4-7,10-12H2,(H2,27,33)(H,28,34)(H,30,32)/t13-,17+. The van der Waals surface area contributed by atoms with Crippen LogP contribution in [0, 0.1) is 0 Å². The second-order valence-electron chi connectivity index (χ2n) is 8.92. The lowest BCUT2D eigenvalue weighted by Crippen LogP contribution is -2.63. The van der Waals surface area contributed by atoms with Crippen LogP contribution in [0.3, 0.4) is 0 Å². The average molecular weight is 510 g/mol. The highest BCUT2D eigenvalue weighted by molar-refractivity contribution is 7.13. The minimum Gasteiger partial charge on any atom is -0.364 e. The van der Waals surface area contributed by atoms with Crippen molar-refractivity contribution in [3.8, 4) is 0 Å². The highest BCUT2D eigenvalue weighted by Gasteiger charge is 2.36. The first-order chi connectivity index (χ1) is 16.6. The van der Waals surface area contributed by atoms with Gasteiger partial charge >= 0.3 is 6.18 Å². The maximum absolute atomic E-state index is 12.8. The molecule has 0 unspecified atom stereocenters. The molecule has 0 spiro atoms. The monoisotopic (exact) mass is 509 g/mol. The number of hydrogen-bond donors (Lipinski definition) is 3. The predicted octanol–water partition coefficient (Wildman–Crippen LogP) is 2.52. The molecule has 188 valence electrons. The molecule has 1 aliphatic carbocycles. The van der Waals surface area contributed by atoms with Crippen LogP contribution in [0.5, 0.6) is 0 Å². The maximum Gasteiger partial charge on any atom is 0.416 e. The number of halogens is 3. The fourth-order valence-corrected chi connectivity index (χ4v) is 5.53. The van der Waals surface area contributed by atoms with E-state index in [9.17, 15) is 27.6 Å². The first-order valence-corrected chi connectivity index (χ1v) is 12.2. The first kappa shape index (κ1) is 25.1. The molecule has 35 heavy (non-hydrogen) atoms. The number of hydrogen-bond acceptors (Lipinski definition) is 6. The van der Waals surface area contributed by atoms with Gasteiger partial charge < -0.3 is 16.4 Å². The molecule has 4 N–H and O–H groups in total. The van der Waals surface area contributed by atoms with Gasteiger partial charge in [0, 0.05) is 35.8 Å². The minimum absolute atomic E-state index is 0.0229. The average Bonchev–Trinajstić information content (AvgIpc) is 3.30. The largest absolute Gasteiger partial charge is 0.416 e. The molecule has 8 nitrogen and oxygen atoms in total. The van der Waals surface area contributed by atoms with Crippen LogP contribution in [-0.2, 0) is 11.0 Å². The molecule has 1 saturated carbocycles. The first-order valence-electron chi connectivity index (χ1n) is 11.3. The van der Waals surface area contributed by atoms with E-state index in [1.165, 1.54) is 17.4 Å². The van der Waals surface area contributed by atoms with Gasteiger partial charge in [-0.25, -0.2) is 4.98 Å². The number of nitrogens with zero attached hydrogens (tertiary/aromatic N) is 2. The van der Waals surface area contributed by atoms with E-state index < -0.39 is 23.6 Å². The van der Waals surface area contributed by atoms with Crippen LogP contribution < -0.4 is 16.4 Å². The summed E-state index contributed by atoms with van der Waals surface area (Å²) in [5.41, 5.74) is 4.22. The van der Waals surface area contributed by atoms with Crippen LogP contribution in [0.1, 0.15) is 62.2 Å². The third kappa shape index (κ3) is 6.17. The second-order valence-corrected chi connectivity index (χ2v) is 9.98. The summed E-state index contributed by atoms with van der Waals surface area (Å²) in [6.07, 6.45) is 1.24. The van der Waals surface area contributed by atoms with Crippen molar-refractivity contribution in [3.63, 3.8) is 0 Å². The van der Waals surface area contributed by atoms with E-state index in [0.717, 1.165) is 61.8 Å². The second kappa shape index (κ2) is 10.3. The number of nitrogens with one attached hydrogen (secondary N) is 2. The van der Waals surface area contributed by atoms with Gasteiger partial charge in [0.1, 0.15) is 0 Å². The Labute approximate surface area is 204 Å². The molecule has 12 heteroatoms. The summed E-state index contributed by atoms with van der Waals surface area (Å²) in [4.78, 5) is 43.1. The molecule has 2 aliphatic rings. The fourth-order valence-electron chi connectivity index (χ4n) is 4.59. The Hall–Kier alpha value is -2.99. The number of carbonyl (C=O) groups is 3. The number of carbonyl (C=O) groups excluding carboxylic acids is 3. The smallest absolute Gasteiger partial charge is 0.364 e. The normalized spacial score (nSPS) is 21.2. The zero-order chi connectivity index (χ0) is 25.2. The Morgan fingerprint density at radius 3 is 2.49 bits per heavy atom. The Kier molecular flexibility index (Phi) is 7.41. The lowest BCUT2D eigenvalue weighted by atomic mass is 9.83. The molecule has 0 atom stereocenters. The highest BCUT2D eigenvalue weighted by atomic mass is 32.1. The van der Waals surface area contributed by atoms with Crippen LogP contribution in [0.2, 0.25) is 0 Å². The Bertz CT molecular complexity index is 1090. The van der Waals surface area contributed by atoms with E-state index in [4.69, 9.17) is 5.73 Å². The van der Waals surface area contributed by atoms with Crippen molar-refractivity contribution in [2.45, 2.75) is 49.9 Å². The van der Waals surface area contributed by atoms with Gasteiger partial charge in [0.2, 0.25) is 5.91 Å². The molecule has 2 fully saturated rings. The number of aromatic nitrogens is 1. The summed E-state index contributed by atoms with van der Waals surface area (Å²) in [7, 11) is 0. The Morgan fingerprint density at radius 2 is 1.86 bits per heavy atom. The summed E-state index contributed by atoms with van der Waals surface area (Å²) >= 11 is 1.36.